The molecule has 0 spiro atoms. The van der Waals surface area contributed by atoms with Crippen LogP contribution in [0.15, 0.2) is 59.5 Å². The average molecular weight is 312 g/mol. The third kappa shape index (κ3) is 3.40. The molecule has 1 N–H and O–H groups in total. The van der Waals surface area contributed by atoms with Gasteiger partial charge < -0.3 is 5.32 Å². The Morgan fingerprint density at radius 2 is 2.00 bits per heavy atom. The van der Waals surface area contributed by atoms with Crippen molar-refractivity contribution in [3.05, 3.63) is 70.6 Å². The Hall–Kier alpha value is -2.46. The molecule has 1 aromatic carbocycles. The van der Waals surface area contributed by atoms with Crippen LogP contribution in [0.2, 0.25) is 5.02 Å². The Kier molecular flexibility index (Phi) is 4.30. The van der Waals surface area contributed by atoms with Gasteiger partial charge in [0.25, 0.3) is 5.91 Å². The summed E-state index contributed by atoms with van der Waals surface area (Å²) in [4.78, 5) is 20.3. The number of aromatic nitrogens is 1. The molecule has 2 heterocycles. The van der Waals surface area contributed by atoms with Gasteiger partial charge in [-0.1, -0.05) is 35.9 Å². The van der Waals surface area contributed by atoms with E-state index in [0.29, 0.717) is 18.0 Å². The molecule has 4 nitrogen and oxygen atoms in total. The predicted molar refractivity (Wildman–Crippen MR) is 87.6 cm³/mol. The lowest BCUT2D eigenvalue weighted by atomic mass is 10.1. The Bertz CT molecular complexity index is 754. The molecule has 0 radical (unpaired) electrons. The van der Waals surface area contributed by atoms with Crippen LogP contribution in [0.4, 0.5) is 0 Å². The first-order valence-electron chi connectivity index (χ1n) is 6.96. The van der Waals surface area contributed by atoms with Gasteiger partial charge in [0.2, 0.25) is 0 Å². The lowest BCUT2D eigenvalue weighted by Gasteiger charge is -2.03. The minimum Gasteiger partial charge on any atom is -0.309 e. The number of pyridine rings is 1. The Balaban J connectivity index is 1.71. The van der Waals surface area contributed by atoms with Crippen molar-refractivity contribution in [1.82, 2.24) is 10.3 Å². The monoisotopic (exact) mass is 311 g/mol. The van der Waals surface area contributed by atoms with Gasteiger partial charge in [-0.15, -0.1) is 0 Å². The summed E-state index contributed by atoms with van der Waals surface area (Å²) in [6.07, 6.45) is 6.48. The molecule has 0 bridgehead atoms. The number of amides is 1. The highest BCUT2D eigenvalue weighted by Crippen LogP contribution is 2.18. The van der Waals surface area contributed by atoms with Crippen molar-refractivity contribution in [2.75, 3.05) is 0 Å². The molecule has 1 aromatic heterocycles. The summed E-state index contributed by atoms with van der Waals surface area (Å²) in [7, 11) is 0. The first-order valence-corrected chi connectivity index (χ1v) is 7.34. The molecular formula is C17H14ClN3O. The van der Waals surface area contributed by atoms with Crippen LogP contribution in [0.25, 0.3) is 6.08 Å². The van der Waals surface area contributed by atoms with Gasteiger partial charge in [0.15, 0.2) is 0 Å². The van der Waals surface area contributed by atoms with E-state index in [-0.39, 0.29) is 5.91 Å². The van der Waals surface area contributed by atoms with Crippen LogP contribution in [0.5, 0.6) is 0 Å². The molecule has 22 heavy (non-hydrogen) atoms. The zero-order chi connectivity index (χ0) is 15.4. The molecule has 0 aliphatic carbocycles. The van der Waals surface area contributed by atoms with Gasteiger partial charge in [-0.2, -0.15) is 0 Å². The molecule has 2 aromatic rings. The number of hydrogen-bond donors (Lipinski definition) is 1. The van der Waals surface area contributed by atoms with Gasteiger partial charge in [0.1, 0.15) is 11.5 Å². The summed E-state index contributed by atoms with van der Waals surface area (Å²) < 4.78 is 0. The molecule has 1 amide bonds. The molecular weight excluding hydrogens is 298 g/mol. The van der Waals surface area contributed by atoms with E-state index in [0.717, 1.165) is 22.6 Å². The Morgan fingerprint density at radius 1 is 1.14 bits per heavy atom. The summed E-state index contributed by atoms with van der Waals surface area (Å²) in [5, 5.41) is 3.53. The second kappa shape index (κ2) is 6.54. The number of hydrogen-bond acceptors (Lipinski definition) is 3. The van der Waals surface area contributed by atoms with Crippen molar-refractivity contribution in [2.24, 2.45) is 4.99 Å². The van der Waals surface area contributed by atoms with Crippen LogP contribution in [0.3, 0.4) is 0 Å². The SMILES string of the molecule is O=C1NC(CCc2ccccc2Cl)=N/C1=C/c1cccnc1. The fraction of sp³-hybridized carbons (Fsp3) is 0.118. The first kappa shape index (κ1) is 14.5. The van der Waals surface area contributed by atoms with Gasteiger partial charge in [0.05, 0.1) is 0 Å². The third-order valence-corrected chi connectivity index (χ3v) is 3.69. The second-order valence-corrected chi connectivity index (χ2v) is 5.33. The number of carbonyl (C=O) groups is 1. The minimum atomic E-state index is -0.182. The zero-order valence-electron chi connectivity index (χ0n) is 11.8. The van der Waals surface area contributed by atoms with Crippen molar-refractivity contribution >= 4 is 29.4 Å². The number of aryl methyl sites for hydroxylation is 1. The standard InChI is InChI=1S/C17H14ClN3O/c18-14-6-2-1-5-13(14)7-8-16-20-15(17(22)21-16)10-12-4-3-9-19-11-12/h1-6,9-11H,7-8H2,(H,20,21,22)/b15-10+. The maximum Gasteiger partial charge on any atom is 0.275 e. The summed E-state index contributed by atoms with van der Waals surface area (Å²) in [5.74, 6) is 0.484. The maximum absolute atomic E-state index is 11.9. The normalized spacial score (nSPS) is 15.8. The summed E-state index contributed by atoms with van der Waals surface area (Å²) >= 11 is 6.13. The molecule has 0 fully saturated rings. The molecule has 0 saturated carbocycles. The highest BCUT2D eigenvalue weighted by molar-refractivity contribution is 6.31. The van der Waals surface area contributed by atoms with Crippen molar-refractivity contribution in [2.45, 2.75) is 12.8 Å². The molecule has 0 unspecified atom stereocenters. The number of nitrogens with one attached hydrogen (secondary N) is 1. The van der Waals surface area contributed by atoms with Crippen molar-refractivity contribution in [3.63, 3.8) is 0 Å². The largest absolute Gasteiger partial charge is 0.309 e. The maximum atomic E-state index is 11.9. The van der Waals surface area contributed by atoms with Gasteiger partial charge in [-0.05, 0) is 35.8 Å². The topological polar surface area (TPSA) is 54.4 Å². The number of amidine groups is 1. The average Bonchev–Trinajstić information content (AvgIpc) is 2.88. The van der Waals surface area contributed by atoms with Crippen LogP contribution < -0.4 is 5.32 Å². The van der Waals surface area contributed by atoms with Crippen LogP contribution in [0, 0.1) is 0 Å². The van der Waals surface area contributed by atoms with Crippen LogP contribution in [-0.2, 0) is 11.2 Å². The van der Waals surface area contributed by atoms with Gasteiger partial charge in [-0.25, -0.2) is 4.99 Å². The molecule has 110 valence electrons. The fourth-order valence-electron chi connectivity index (χ4n) is 2.21. The molecule has 0 saturated heterocycles. The summed E-state index contributed by atoms with van der Waals surface area (Å²) in [5.41, 5.74) is 2.30. The zero-order valence-corrected chi connectivity index (χ0v) is 12.5. The number of halogens is 1. The number of benzene rings is 1. The van der Waals surface area contributed by atoms with Crippen LogP contribution in [-0.4, -0.2) is 16.7 Å². The lowest BCUT2D eigenvalue weighted by Crippen LogP contribution is -2.24. The van der Waals surface area contributed by atoms with Gasteiger partial charge in [0, 0.05) is 23.8 Å². The van der Waals surface area contributed by atoms with E-state index >= 15 is 0 Å². The van der Waals surface area contributed by atoms with Crippen LogP contribution in [0.1, 0.15) is 17.5 Å². The number of carbonyl (C=O) groups excluding carboxylic acids is 1. The quantitative estimate of drug-likeness (QED) is 0.881. The summed E-state index contributed by atoms with van der Waals surface area (Å²) in [6.45, 7) is 0. The minimum absolute atomic E-state index is 0.182. The van der Waals surface area contributed by atoms with E-state index in [1.54, 1.807) is 18.5 Å². The first-order chi connectivity index (χ1) is 10.7. The third-order valence-electron chi connectivity index (χ3n) is 3.32. The van der Waals surface area contributed by atoms with E-state index in [1.807, 2.05) is 36.4 Å². The van der Waals surface area contributed by atoms with Gasteiger partial charge in [-0.3, -0.25) is 9.78 Å². The molecule has 1 aliphatic heterocycles. The van der Waals surface area contributed by atoms with Crippen molar-refractivity contribution in [3.8, 4) is 0 Å². The lowest BCUT2D eigenvalue weighted by molar-refractivity contribution is -0.115. The number of nitrogens with zero attached hydrogens (tertiary/aromatic N) is 2. The molecule has 1 aliphatic rings. The molecule has 3 rings (SSSR count). The van der Waals surface area contributed by atoms with E-state index in [1.165, 1.54) is 0 Å². The molecule has 5 heteroatoms. The van der Waals surface area contributed by atoms with Gasteiger partial charge >= 0.3 is 0 Å². The highest BCUT2D eigenvalue weighted by atomic mass is 35.5. The van der Waals surface area contributed by atoms with Crippen molar-refractivity contribution < 1.29 is 4.79 Å². The fourth-order valence-corrected chi connectivity index (χ4v) is 2.44. The molecule has 0 atom stereocenters. The Labute approximate surface area is 133 Å². The van der Waals surface area contributed by atoms with E-state index in [9.17, 15) is 4.79 Å². The van der Waals surface area contributed by atoms with E-state index in [2.05, 4.69) is 15.3 Å². The smallest absolute Gasteiger partial charge is 0.275 e. The predicted octanol–water partition coefficient (Wildman–Crippen LogP) is 3.24. The van der Waals surface area contributed by atoms with Crippen molar-refractivity contribution in [1.29, 1.82) is 0 Å². The number of aliphatic imine (C=N–C) groups is 1. The second-order valence-electron chi connectivity index (χ2n) is 4.92. The van der Waals surface area contributed by atoms with E-state index < -0.39 is 0 Å². The summed E-state index contributed by atoms with van der Waals surface area (Å²) in [6, 6.07) is 11.4. The van der Waals surface area contributed by atoms with E-state index in [4.69, 9.17) is 11.6 Å². The van der Waals surface area contributed by atoms with Crippen LogP contribution >= 0.6 is 11.6 Å². The highest BCUT2D eigenvalue weighted by Gasteiger charge is 2.19. The Morgan fingerprint density at radius 3 is 2.77 bits per heavy atom. The number of rotatable bonds is 4.